The van der Waals surface area contributed by atoms with Crippen molar-refractivity contribution in [2.24, 2.45) is 0 Å². The monoisotopic (exact) mass is 436 g/mol. The van der Waals surface area contributed by atoms with E-state index in [-0.39, 0.29) is 19.8 Å². The third-order valence-electron chi connectivity index (χ3n) is 4.54. The highest BCUT2D eigenvalue weighted by atomic mass is 31.1. The minimum Gasteiger partial charge on any atom is -0.463 e. The maximum absolute atomic E-state index is 10.4. The summed E-state index contributed by atoms with van der Waals surface area (Å²) in [5.74, 6) is 0. The predicted octanol–water partition coefficient (Wildman–Crippen LogP) is 2.46. The van der Waals surface area contributed by atoms with Crippen molar-refractivity contribution < 1.29 is 28.6 Å². The van der Waals surface area contributed by atoms with Crippen LogP contribution < -0.4 is 15.9 Å². The van der Waals surface area contributed by atoms with Crippen molar-refractivity contribution in [1.82, 2.24) is 0 Å². The van der Waals surface area contributed by atoms with E-state index < -0.39 is 7.92 Å². The molecule has 0 fully saturated rings. The molecule has 0 amide bonds. The van der Waals surface area contributed by atoms with E-state index in [9.17, 15) is 14.4 Å². The molecule has 3 rings (SSSR count). The normalized spacial score (nSPS) is 10.4. The van der Waals surface area contributed by atoms with E-state index in [1.165, 1.54) is 0 Å². The average molecular weight is 436 g/mol. The van der Waals surface area contributed by atoms with Gasteiger partial charge in [0, 0.05) is 0 Å². The van der Waals surface area contributed by atoms with Gasteiger partial charge in [-0.3, -0.25) is 14.4 Å². The molecule has 0 aliphatic carbocycles. The second-order valence-electron chi connectivity index (χ2n) is 6.56. The van der Waals surface area contributed by atoms with Crippen LogP contribution in [0.5, 0.6) is 0 Å². The number of hydrogen-bond acceptors (Lipinski definition) is 6. The zero-order chi connectivity index (χ0) is 21.9. The molecule has 0 aliphatic rings. The molecule has 0 saturated heterocycles. The van der Waals surface area contributed by atoms with E-state index in [0.717, 1.165) is 32.6 Å². The molecule has 0 bridgehead atoms. The lowest BCUT2D eigenvalue weighted by molar-refractivity contribution is -0.130. The van der Waals surface area contributed by atoms with Gasteiger partial charge in [-0.25, -0.2) is 0 Å². The summed E-state index contributed by atoms with van der Waals surface area (Å²) in [7, 11) is -0.853. The summed E-state index contributed by atoms with van der Waals surface area (Å²) >= 11 is 0. The molecule has 0 atom stereocenters. The summed E-state index contributed by atoms with van der Waals surface area (Å²) < 4.78 is 14.5. The van der Waals surface area contributed by atoms with Crippen LogP contribution >= 0.6 is 7.92 Å². The van der Waals surface area contributed by atoms with E-state index in [2.05, 4.69) is 0 Å². The van der Waals surface area contributed by atoms with Gasteiger partial charge in [-0.05, 0) is 40.5 Å². The Bertz CT molecular complexity index is 852. The van der Waals surface area contributed by atoms with Gasteiger partial charge in [0.1, 0.15) is 19.8 Å². The summed E-state index contributed by atoms with van der Waals surface area (Å²) in [4.78, 5) is 31.3. The first-order valence-electron chi connectivity index (χ1n) is 9.48. The lowest BCUT2D eigenvalue weighted by atomic mass is 10.2. The maximum atomic E-state index is 10.4. The summed E-state index contributed by atoms with van der Waals surface area (Å²) in [5.41, 5.74) is 2.73. The molecule has 158 valence electrons. The van der Waals surface area contributed by atoms with Gasteiger partial charge < -0.3 is 14.2 Å². The minimum absolute atomic E-state index is 0.235. The first kappa shape index (κ1) is 22.2. The number of carbonyl (C=O) groups excluding carboxylic acids is 3. The molecule has 0 heterocycles. The van der Waals surface area contributed by atoms with E-state index >= 15 is 0 Å². The lowest BCUT2D eigenvalue weighted by Crippen LogP contribution is -2.21. The molecule has 0 N–H and O–H groups in total. The number of ether oxygens (including phenoxy) is 3. The Balaban J connectivity index is 1.92. The largest absolute Gasteiger partial charge is 0.463 e. The minimum atomic E-state index is -0.853. The van der Waals surface area contributed by atoms with Crippen LogP contribution in [0.3, 0.4) is 0 Å². The fraction of sp³-hybridized carbons (Fsp3) is 0.125. The fourth-order valence-corrected chi connectivity index (χ4v) is 5.30. The zero-order valence-electron chi connectivity index (χ0n) is 16.7. The van der Waals surface area contributed by atoms with Crippen LogP contribution in [0.2, 0.25) is 0 Å². The van der Waals surface area contributed by atoms with E-state index in [1.54, 1.807) is 0 Å². The lowest BCUT2D eigenvalue weighted by Gasteiger charge is -2.20. The van der Waals surface area contributed by atoms with E-state index in [0.29, 0.717) is 19.4 Å². The van der Waals surface area contributed by atoms with E-state index in [4.69, 9.17) is 14.2 Å². The van der Waals surface area contributed by atoms with Crippen LogP contribution in [0.1, 0.15) is 16.7 Å². The Labute approximate surface area is 181 Å². The molecule has 0 aliphatic heterocycles. The van der Waals surface area contributed by atoms with Crippen LogP contribution in [0.15, 0.2) is 72.8 Å². The third kappa shape index (κ3) is 6.24. The summed E-state index contributed by atoms with van der Waals surface area (Å²) in [6.07, 6.45) is 0. The van der Waals surface area contributed by atoms with Gasteiger partial charge >= 0.3 is 0 Å². The van der Waals surface area contributed by atoms with Crippen molar-refractivity contribution in [2.45, 2.75) is 19.8 Å². The molecule has 0 spiro atoms. The van der Waals surface area contributed by atoms with Crippen molar-refractivity contribution in [3.63, 3.8) is 0 Å². The highest BCUT2D eigenvalue weighted by Gasteiger charge is 2.17. The summed E-state index contributed by atoms with van der Waals surface area (Å²) in [6, 6.07) is 24.0. The van der Waals surface area contributed by atoms with Crippen molar-refractivity contribution >= 4 is 43.3 Å². The molecule has 0 aromatic heterocycles. The molecule has 31 heavy (non-hydrogen) atoms. The highest BCUT2D eigenvalue weighted by Crippen LogP contribution is 2.33. The van der Waals surface area contributed by atoms with Crippen LogP contribution in [0.4, 0.5) is 0 Å². The van der Waals surface area contributed by atoms with Gasteiger partial charge in [0.05, 0.1) is 0 Å². The van der Waals surface area contributed by atoms with Gasteiger partial charge in [0.25, 0.3) is 19.4 Å². The van der Waals surface area contributed by atoms with Crippen molar-refractivity contribution in [3.8, 4) is 0 Å². The summed E-state index contributed by atoms with van der Waals surface area (Å²) in [6.45, 7) is 2.02. The van der Waals surface area contributed by atoms with Gasteiger partial charge in [0.2, 0.25) is 0 Å². The smallest absolute Gasteiger partial charge is 0.293 e. The molecular weight excluding hydrogens is 415 g/mol. The molecule has 0 unspecified atom stereocenters. The Kier molecular flexibility index (Phi) is 8.32. The van der Waals surface area contributed by atoms with Gasteiger partial charge in [-0.2, -0.15) is 0 Å². The Morgan fingerprint density at radius 3 is 0.968 bits per heavy atom. The van der Waals surface area contributed by atoms with Crippen LogP contribution in [-0.4, -0.2) is 19.4 Å². The van der Waals surface area contributed by atoms with Gasteiger partial charge in [-0.1, -0.05) is 72.8 Å². The molecule has 0 radical (unpaired) electrons. The quantitative estimate of drug-likeness (QED) is 0.247. The maximum Gasteiger partial charge on any atom is 0.293 e. The first-order valence-corrected chi connectivity index (χ1v) is 10.8. The third-order valence-corrected chi connectivity index (χ3v) is 6.98. The Morgan fingerprint density at radius 1 is 0.484 bits per heavy atom. The second kappa shape index (κ2) is 11.6. The van der Waals surface area contributed by atoms with Gasteiger partial charge in [-0.15, -0.1) is 0 Å². The first-order chi connectivity index (χ1) is 15.2. The SMILES string of the molecule is O=COCc1ccc(P(c2ccc(COC=O)cc2)c2ccc(COC=O)cc2)cc1. The van der Waals surface area contributed by atoms with Crippen LogP contribution in [0, 0.1) is 0 Å². The Morgan fingerprint density at radius 2 is 0.742 bits per heavy atom. The Hall–Kier alpha value is -3.50. The van der Waals surface area contributed by atoms with Crippen molar-refractivity contribution in [3.05, 3.63) is 89.5 Å². The van der Waals surface area contributed by atoms with Gasteiger partial charge in [0.15, 0.2) is 0 Å². The number of benzene rings is 3. The number of rotatable bonds is 12. The fourth-order valence-electron chi connectivity index (χ4n) is 3.06. The number of carbonyl (C=O) groups is 3. The second-order valence-corrected chi connectivity index (χ2v) is 8.78. The number of hydrogen-bond donors (Lipinski definition) is 0. The average Bonchev–Trinajstić information content (AvgIpc) is 2.82. The van der Waals surface area contributed by atoms with Crippen molar-refractivity contribution in [1.29, 1.82) is 0 Å². The van der Waals surface area contributed by atoms with E-state index in [1.807, 2.05) is 72.8 Å². The standard InChI is InChI=1S/C24H21O6P/c25-16-28-13-19-1-7-22(8-2-19)31(23-9-3-20(4-10-23)14-29-17-26)24-11-5-21(6-12-24)15-30-18-27/h1-12,16-18H,13-15H2. The van der Waals surface area contributed by atoms with Crippen LogP contribution in [-0.2, 0) is 48.4 Å². The molecule has 6 nitrogen and oxygen atoms in total. The molecule has 7 heteroatoms. The molecular formula is C24H21O6P. The molecule has 0 saturated carbocycles. The molecule has 3 aromatic carbocycles. The topological polar surface area (TPSA) is 78.9 Å². The zero-order valence-corrected chi connectivity index (χ0v) is 17.6. The van der Waals surface area contributed by atoms with Crippen molar-refractivity contribution in [2.75, 3.05) is 0 Å². The predicted molar refractivity (Wildman–Crippen MR) is 118 cm³/mol. The highest BCUT2D eigenvalue weighted by molar-refractivity contribution is 7.79. The van der Waals surface area contributed by atoms with Crippen LogP contribution in [0.25, 0.3) is 0 Å². The summed E-state index contributed by atoms with van der Waals surface area (Å²) in [5, 5.41) is 3.41. The molecule has 3 aromatic rings.